The van der Waals surface area contributed by atoms with Crippen LogP contribution in [-0.4, -0.2) is 37.6 Å². The first kappa shape index (κ1) is 18.1. The fourth-order valence-corrected chi connectivity index (χ4v) is 2.44. The number of aromatic nitrogens is 4. The van der Waals surface area contributed by atoms with E-state index in [0.29, 0.717) is 10.7 Å². The van der Waals surface area contributed by atoms with Crippen LogP contribution in [0.1, 0.15) is 23.2 Å². The Balaban J connectivity index is 1.70. The van der Waals surface area contributed by atoms with E-state index < -0.39 is 18.0 Å². The number of hydrogen-bond acceptors (Lipinski definition) is 6. The molecule has 3 aromatic rings. The summed E-state index contributed by atoms with van der Waals surface area (Å²) in [5.74, 6) is -1.33. The standard InChI is InChI=1S/C16H13Cl2N5O3/c1-8-6-7-19-16-21-13(22-23(8)16)15(25)26-9(2)14(24)20-11-5-3-4-10(17)12(11)18/h3-7,9H,1-2H3,(H,20,24)/t9-/m1/s1. The zero-order chi connectivity index (χ0) is 18.8. The fraction of sp³-hybridized carbons (Fsp3) is 0.188. The highest BCUT2D eigenvalue weighted by atomic mass is 35.5. The van der Waals surface area contributed by atoms with Gasteiger partial charge in [-0.05, 0) is 32.0 Å². The maximum atomic E-state index is 12.2. The Kier molecular flexibility index (Phi) is 5.06. The van der Waals surface area contributed by atoms with Gasteiger partial charge in [0.15, 0.2) is 6.10 Å². The minimum Gasteiger partial charge on any atom is -0.447 e. The second-order valence-corrected chi connectivity index (χ2v) is 6.16. The van der Waals surface area contributed by atoms with Crippen LogP contribution in [0.25, 0.3) is 5.78 Å². The van der Waals surface area contributed by atoms with E-state index in [1.165, 1.54) is 11.4 Å². The molecule has 0 saturated heterocycles. The van der Waals surface area contributed by atoms with Crippen molar-refractivity contribution in [2.24, 2.45) is 0 Å². The molecule has 0 aliphatic carbocycles. The number of carbonyl (C=O) groups is 2. The highest BCUT2D eigenvalue weighted by Gasteiger charge is 2.23. The third-order valence-electron chi connectivity index (χ3n) is 3.47. The molecule has 1 N–H and O–H groups in total. The van der Waals surface area contributed by atoms with Gasteiger partial charge in [0.25, 0.3) is 17.5 Å². The Hall–Kier alpha value is -2.71. The lowest BCUT2D eigenvalue weighted by atomic mass is 10.3. The van der Waals surface area contributed by atoms with Crippen molar-refractivity contribution in [3.63, 3.8) is 0 Å². The smallest absolute Gasteiger partial charge is 0.379 e. The zero-order valence-corrected chi connectivity index (χ0v) is 15.2. The first-order valence-corrected chi connectivity index (χ1v) is 8.26. The molecule has 8 nitrogen and oxygen atoms in total. The van der Waals surface area contributed by atoms with Crippen molar-refractivity contribution in [3.05, 3.63) is 52.0 Å². The minimum absolute atomic E-state index is 0.188. The van der Waals surface area contributed by atoms with Crippen molar-refractivity contribution < 1.29 is 14.3 Å². The van der Waals surface area contributed by atoms with Crippen molar-refractivity contribution in [3.8, 4) is 0 Å². The maximum absolute atomic E-state index is 12.2. The van der Waals surface area contributed by atoms with Gasteiger partial charge in [0.2, 0.25) is 0 Å². The molecule has 0 fully saturated rings. The second kappa shape index (κ2) is 7.27. The Morgan fingerprint density at radius 2 is 2.04 bits per heavy atom. The number of amides is 1. The number of fused-ring (bicyclic) bond motifs is 1. The quantitative estimate of drug-likeness (QED) is 0.684. The highest BCUT2D eigenvalue weighted by Crippen LogP contribution is 2.29. The van der Waals surface area contributed by atoms with Crippen molar-refractivity contribution >= 4 is 46.5 Å². The molecule has 3 rings (SSSR count). The molecule has 134 valence electrons. The summed E-state index contributed by atoms with van der Waals surface area (Å²) in [4.78, 5) is 32.4. The summed E-state index contributed by atoms with van der Waals surface area (Å²) >= 11 is 11.9. The molecule has 0 unspecified atom stereocenters. The number of halogens is 2. The molecule has 0 aliphatic heterocycles. The van der Waals surface area contributed by atoms with Gasteiger partial charge < -0.3 is 10.1 Å². The average molecular weight is 394 g/mol. The topological polar surface area (TPSA) is 98.5 Å². The van der Waals surface area contributed by atoms with Crippen LogP contribution >= 0.6 is 23.2 Å². The van der Waals surface area contributed by atoms with E-state index in [2.05, 4.69) is 20.4 Å². The number of nitrogens with one attached hydrogen (secondary N) is 1. The Morgan fingerprint density at radius 1 is 1.27 bits per heavy atom. The summed E-state index contributed by atoms with van der Waals surface area (Å²) in [5, 5.41) is 7.08. The van der Waals surface area contributed by atoms with Crippen LogP contribution in [0.5, 0.6) is 0 Å². The third-order valence-corrected chi connectivity index (χ3v) is 4.29. The van der Waals surface area contributed by atoms with Crippen LogP contribution in [0.15, 0.2) is 30.5 Å². The van der Waals surface area contributed by atoms with E-state index in [-0.39, 0.29) is 16.6 Å². The van der Waals surface area contributed by atoms with Gasteiger partial charge in [0.05, 0.1) is 15.7 Å². The Labute approximate surface area is 158 Å². The Morgan fingerprint density at radius 3 is 2.77 bits per heavy atom. The lowest BCUT2D eigenvalue weighted by Crippen LogP contribution is -2.30. The van der Waals surface area contributed by atoms with E-state index in [1.807, 2.05) is 0 Å². The van der Waals surface area contributed by atoms with E-state index >= 15 is 0 Å². The lowest BCUT2D eigenvalue weighted by molar-refractivity contribution is -0.123. The predicted molar refractivity (Wildman–Crippen MR) is 95.5 cm³/mol. The number of ether oxygens (including phenoxy) is 1. The van der Waals surface area contributed by atoms with Gasteiger partial charge in [-0.15, -0.1) is 5.10 Å². The highest BCUT2D eigenvalue weighted by molar-refractivity contribution is 6.44. The first-order valence-electron chi connectivity index (χ1n) is 7.51. The third kappa shape index (κ3) is 3.61. The average Bonchev–Trinajstić information content (AvgIpc) is 3.04. The zero-order valence-electron chi connectivity index (χ0n) is 13.7. The van der Waals surface area contributed by atoms with Crippen molar-refractivity contribution in [2.75, 3.05) is 5.32 Å². The number of benzene rings is 1. The second-order valence-electron chi connectivity index (χ2n) is 5.37. The molecule has 0 spiro atoms. The number of aryl methyl sites for hydroxylation is 1. The van der Waals surface area contributed by atoms with E-state index in [0.717, 1.165) is 5.69 Å². The van der Waals surface area contributed by atoms with Crippen LogP contribution in [0.4, 0.5) is 5.69 Å². The van der Waals surface area contributed by atoms with Gasteiger partial charge in [-0.1, -0.05) is 29.3 Å². The van der Waals surface area contributed by atoms with E-state index in [4.69, 9.17) is 27.9 Å². The molecular formula is C16H13Cl2N5O3. The summed E-state index contributed by atoms with van der Waals surface area (Å²) in [6.07, 6.45) is 0.456. The number of nitrogens with zero attached hydrogens (tertiary/aromatic N) is 4. The monoisotopic (exact) mass is 393 g/mol. The fourth-order valence-electron chi connectivity index (χ4n) is 2.09. The molecule has 0 radical (unpaired) electrons. The van der Waals surface area contributed by atoms with Gasteiger partial charge in [-0.2, -0.15) is 4.98 Å². The first-order chi connectivity index (χ1) is 12.4. The van der Waals surface area contributed by atoms with Gasteiger partial charge in [0, 0.05) is 11.9 Å². The molecule has 0 saturated carbocycles. The van der Waals surface area contributed by atoms with Crippen LogP contribution in [0, 0.1) is 6.92 Å². The molecule has 26 heavy (non-hydrogen) atoms. The molecule has 0 aliphatic rings. The molecule has 1 aromatic carbocycles. The van der Waals surface area contributed by atoms with Gasteiger partial charge in [-0.3, -0.25) is 4.79 Å². The SMILES string of the molecule is Cc1ccnc2nc(C(=O)O[C@H](C)C(=O)Nc3cccc(Cl)c3Cl)nn12. The summed E-state index contributed by atoms with van der Waals surface area (Å²) in [5.41, 5.74) is 1.07. The van der Waals surface area contributed by atoms with E-state index in [1.54, 1.807) is 37.4 Å². The largest absolute Gasteiger partial charge is 0.447 e. The molecule has 2 heterocycles. The minimum atomic E-state index is -1.10. The van der Waals surface area contributed by atoms with Crippen LogP contribution in [0.3, 0.4) is 0 Å². The molecule has 10 heteroatoms. The normalized spacial score (nSPS) is 12.0. The lowest BCUT2D eigenvalue weighted by Gasteiger charge is -2.13. The van der Waals surface area contributed by atoms with Crippen LogP contribution < -0.4 is 5.32 Å². The summed E-state index contributed by atoms with van der Waals surface area (Å²) in [6.45, 7) is 3.22. The van der Waals surface area contributed by atoms with Crippen LogP contribution in [-0.2, 0) is 9.53 Å². The number of carbonyl (C=O) groups excluding carboxylic acids is 2. The number of esters is 1. The number of hydrogen-bond donors (Lipinski definition) is 1. The summed E-state index contributed by atoms with van der Waals surface area (Å²) in [7, 11) is 0. The molecule has 0 bridgehead atoms. The van der Waals surface area contributed by atoms with Crippen LogP contribution in [0.2, 0.25) is 10.0 Å². The van der Waals surface area contributed by atoms with E-state index in [9.17, 15) is 9.59 Å². The molecule has 2 aromatic heterocycles. The van der Waals surface area contributed by atoms with Gasteiger partial charge in [0.1, 0.15) is 0 Å². The van der Waals surface area contributed by atoms with Gasteiger partial charge >= 0.3 is 5.97 Å². The molecular weight excluding hydrogens is 381 g/mol. The van der Waals surface area contributed by atoms with Gasteiger partial charge in [-0.25, -0.2) is 14.3 Å². The van der Waals surface area contributed by atoms with Crippen molar-refractivity contribution in [2.45, 2.75) is 20.0 Å². The molecule has 1 atom stereocenters. The van der Waals surface area contributed by atoms with Crippen molar-refractivity contribution in [1.29, 1.82) is 0 Å². The maximum Gasteiger partial charge on any atom is 0.379 e. The summed E-state index contributed by atoms with van der Waals surface area (Å²) in [6, 6.07) is 6.53. The predicted octanol–water partition coefficient (Wildman–Crippen LogP) is 2.92. The summed E-state index contributed by atoms with van der Waals surface area (Å²) < 4.78 is 6.53. The Bertz CT molecular complexity index is 1000. The van der Waals surface area contributed by atoms with Crippen molar-refractivity contribution in [1.82, 2.24) is 19.6 Å². The number of anilines is 1. The molecule has 1 amide bonds. The number of rotatable bonds is 4.